The first-order chi connectivity index (χ1) is 17.8. The minimum Gasteiger partial charge on any atom is -0.493 e. The molecule has 1 fully saturated rings. The number of thiazole rings is 1. The molecule has 0 spiro atoms. The van der Waals surface area contributed by atoms with Crippen molar-refractivity contribution in [3.05, 3.63) is 42.0 Å². The number of carbonyl (C=O) groups is 1. The van der Waals surface area contributed by atoms with Crippen molar-refractivity contribution in [3.8, 4) is 11.5 Å². The molecule has 1 saturated heterocycles. The summed E-state index contributed by atoms with van der Waals surface area (Å²) in [7, 11) is -0.388. The molecule has 0 unspecified atom stereocenters. The number of hydrogen-bond acceptors (Lipinski definition) is 8. The van der Waals surface area contributed by atoms with Gasteiger partial charge >= 0.3 is 0 Å². The lowest BCUT2D eigenvalue weighted by Gasteiger charge is -2.25. The van der Waals surface area contributed by atoms with E-state index in [1.807, 2.05) is 6.07 Å². The number of sulfonamides is 1. The fourth-order valence-corrected chi connectivity index (χ4v) is 6.94. The maximum atomic E-state index is 13.7. The minimum atomic E-state index is -3.54. The molecule has 0 N–H and O–H groups in total. The predicted octanol–water partition coefficient (Wildman–Crippen LogP) is 4.09. The zero-order valence-electron chi connectivity index (χ0n) is 21.8. The van der Waals surface area contributed by atoms with Crippen LogP contribution in [0.2, 0.25) is 0 Å². The third-order valence-electron chi connectivity index (χ3n) is 6.70. The Kier molecular flexibility index (Phi) is 8.68. The monoisotopic (exact) mass is 546 g/mol. The van der Waals surface area contributed by atoms with Crippen LogP contribution in [0.1, 0.15) is 37.0 Å². The van der Waals surface area contributed by atoms with Gasteiger partial charge in [0, 0.05) is 43.9 Å². The maximum absolute atomic E-state index is 13.7. The third kappa shape index (κ3) is 5.74. The van der Waals surface area contributed by atoms with E-state index in [9.17, 15) is 13.2 Å². The molecule has 0 radical (unpaired) electrons. The van der Waals surface area contributed by atoms with E-state index >= 15 is 0 Å². The van der Waals surface area contributed by atoms with Crippen molar-refractivity contribution in [1.82, 2.24) is 14.2 Å². The Morgan fingerprint density at radius 3 is 2.22 bits per heavy atom. The average Bonchev–Trinajstić information content (AvgIpc) is 3.60. The van der Waals surface area contributed by atoms with Crippen LogP contribution in [0.4, 0.5) is 5.13 Å². The van der Waals surface area contributed by atoms with Crippen LogP contribution in [0.3, 0.4) is 0 Å². The van der Waals surface area contributed by atoms with E-state index in [4.69, 9.17) is 14.5 Å². The van der Waals surface area contributed by atoms with Crippen LogP contribution >= 0.6 is 11.3 Å². The number of hydrogen-bond donors (Lipinski definition) is 0. The van der Waals surface area contributed by atoms with Crippen molar-refractivity contribution in [2.45, 2.75) is 31.6 Å². The lowest BCUT2D eigenvalue weighted by molar-refractivity contribution is 0.0983. The molecule has 0 saturated carbocycles. The van der Waals surface area contributed by atoms with Crippen molar-refractivity contribution < 1.29 is 22.7 Å². The highest BCUT2D eigenvalue weighted by atomic mass is 32.2. The zero-order valence-corrected chi connectivity index (χ0v) is 23.4. The van der Waals surface area contributed by atoms with Crippen LogP contribution in [0.15, 0.2) is 41.3 Å². The number of fused-ring (bicyclic) bond motifs is 1. The second-order valence-electron chi connectivity index (χ2n) is 8.79. The van der Waals surface area contributed by atoms with Gasteiger partial charge in [-0.1, -0.05) is 25.2 Å². The normalized spacial score (nSPS) is 14.4. The molecular formula is C26H34N4O5S2. The molecule has 1 amide bonds. The summed E-state index contributed by atoms with van der Waals surface area (Å²) in [4.78, 5) is 22.6. The minimum absolute atomic E-state index is 0.208. The van der Waals surface area contributed by atoms with Gasteiger partial charge in [0.05, 0.1) is 29.3 Å². The molecule has 3 aromatic rings. The van der Waals surface area contributed by atoms with Crippen molar-refractivity contribution in [2.75, 3.05) is 58.4 Å². The van der Waals surface area contributed by atoms with Gasteiger partial charge in [-0.05, 0) is 50.2 Å². The Hall–Kier alpha value is -2.73. The second-order valence-corrected chi connectivity index (χ2v) is 11.7. The molecule has 11 heteroatoms. The smallest absolute Gasteiger partial charge is 0.260 e. The number of carbonyl (C=O) groups excluding carboxylic acids is 1. The first-order valence-electron chi connectivity index (χ1n) is 12.5. The van der Waals surface area contributed by atoms with E-state index in [1.165, 1.54) is 27.8 Å². The van der Waals surface area contributed by atoms with Crippen molar-refractivity contribution >= 4 is 42.6 Å². The van der Waals surface area contributed by atoms with Crippen LogP contribution in [0.5, 0.6) is 11.5 Å². The Balaban J connectivity index is 1.66. The van der Waals surface area contributed by atoms with Gasteiger partial charge in [-0.3, -0.25) is 9.69 Å². The summed E-state index contributed by atoms with van der Waals surface area (Å²) in [5.74, 6) is 0.943. The largest absolute Gasteiger partial charge is 0.493 e. The summed E-state index contributed by atoms with van der Waals surface area (Å²) in [6.07, 6.45) is 1.74. The van der Waals surface area contributed by atoms with Gasteiger partial charge in [-0.2, -0.15) is 4.31 Å². The second kappa shape index (κ2) is 11.8. The van der Waals surface area contributed by atoms with E-state index in [0.717, 1.165) is 30.6 Å². The number of likely N-dealkylation sites (N-methyl/N-ethyl adjacent to an activating group) is 1. The third-order valence-corrected chi connectivity index (χ3v) is 9.65. The number of aromatic nitrogens is 1. The molecule has 1 aromatic heterocycles. The quantitative estimate of drug-likeness (QED) is 0.358. The molecule has 0 atom stereocenters. The highest BCUT2D eigenvalue weighted by Crippen LogP contribution is 2.37. The predicted molar refractivity (Wildman–Crippen MR) is 147 cm³/mol. The highest BCUT2D eigenvalue weighted by Gasteiger charge is 2.28. The number of methoxy groups -OCH3 is 2. The standard InChI is InChI=1S/C26H34N4O5S2/c1-5-28(6-2)15-16-30(26-27-21-17-22(34-3)23(35-4)18-24(21)36-26)25(31)19-9-11-20(12-10-19)37(32,33)29-13-7-8-14-29/h9-12,17-18H,5-8,13-16H2,1-4H3. The van der Waals surface area contributed by atoms with Crippen LogP contribution < -0.4 is 14.4 Å². The lowest BCUT2D eigenvalue weighted by Crippen LogP contribution is -2.38. The van der Waals surface area contributed by atoms with Gasteiger partial charge in [0.1, 0.15) is 0 Å². The van der Waals surface area contributed by atoms with Crippen LogP contribution in [0, 0.1) is 0 Å². The molecular weight excluding hydrogens is 512 g/mol. The molecule has 0 bridgehead atoms. The first kappa shape index (κ1) is 27.3. The number of rotatable bonds is 11. The van der Waals surface area contributed by atoms with Crippen molar-refractivity contribution in [1.29, 1.82) is 0 Å². The molecule has 2 aromatic carbocycles. The van der Waals surface area contributed by atoms with Gasteiger partial charge in [0.2, 0.25) is 10.0 Å². The summed E-state index contributed by atoms with van der Waals surface area (Å²) < 4.78 is 39.1. The van der Waals surface area contributed by atoms with Gasteiger partial charge in [0.25, 0.3) is 5.91 Å². The SMILES string of the molecule is CCN(CC)CCN(C(=O)c1ccc(S(=O)(=O)N2CCCC2)cc1)c1nc2cc(OC)c(OC)cc2s1. The van der Waals surface area contributed by atoms with Gasteiger partial charge in [-0.25, -0.2) is 13.4 Å². The van der Waals surface area contributed by atoms with Gasteiger partial charge in [-0.15, -0.1) is 0 Å². The molecule has 200 valence electrons. The molecule has 0 aliphatic carbocycles. The zero-order chi connectivity index (χ0) is 26.6. The fourth-order valence-electron chi connectivity index (χ4n) is 4.43. The maximum Gasteiger partial charge on any atom is 0.260 e. The van der Waals surface area contributed by atoms with Crippen LogP contribution in [-0.2, 0) is 10.0 Å². The number of nitrogens with zero attached hydrogens (tertiary/aromatic N) is 4. The summed E-state index contributed by atoms with van der Waals surface area (Å²) in [5, 5.41) is 0.566. The first-order valence-corrected chi connectivity index (χ1v) is 14.7. The summed E-state index contributed by atoms with van der Waals surface area (Å²) >= 11 is 1.41. The lowest BCUT2D eigenvalue weighted by atomic mass is 10.2. The van der Waals surface area contributed by atoms with E-state index in [0.29, 0.717) is 53.9 Å². The summed E-state index contributed by atoms with van der Waals surface area (Å²) in [5.41, 5.74) is 1.12. The molecule has 9 nitrogen and oxygen atoms in total. The Morgan fingerprint density at radius 1 is 1.00 bits per heavy atom. The van der Waals surface area contributed by atoms with Gasteiger partial charge in [0.15, 0.2) is 16.6 Å². The van der Waals surface area contributed by atoms with Gasteiger partial charge < -0.3 is 14.4 Å². The number of benzene rings is 2. The van der Waals surface area contributed by atoms with Crippen LogP contribution in [0.25, 0.3) is 10.2 Å². The Morgan fingerprint density at radius 2 is 1.62 bits per heavy atom. The number of amides is 1. The van der Waals surface area contributed by atoms with Crippen LogP contribution in [-0.4, -0.2) is 82.0 Å². The molecule has 37 heavy (non-hydrogen) atoms. The van der Waals surface area contributed by atoms with E-state index in [-0.39, 0.29) is 10.8 Å². The average molecular weight is 547 g/mol. The Labute approximate surface area is 222 Å². The molecule has 1 aliphatic heterocycles. The summed E-state index contributed by atoms with van der Waals surface area (Å²) in [6.45, 7) is 8.12. The Bertz CT molecular complexity index is 1290. The van der Waals surface area contributed by atoms with Crippen molar-refractivity contribution in [2.24, 2.45) is 0 Å². The fraction of sp³-hybridized carbons (Fsp3) is 0.462. The van der Waals surface area contributed by atoms with E-state index in [1.54, 1.807) is 37.3 Å². The molecule has 1 aliphatic rings. The van der Waals surface area contributed by atoms with E-state index < -0.39 is 10.0 Å². The number of ether oxygens (including phenoxy) is 2. The topological polar surface area (TPSA) is 92.3 Å². The van der Waals surface area contributed by atoms with Crippen molar-refractivity contribution in [3.63, 3.8) is 0 Å². The van der Waals surface area contributed by atoms with E-state index in [2.05, 4.69) is 18.7 Å². The molecule has 4 rings (SSSR count). The number of anilines is 1. The summed E-state index contributed by atoms with van der Waals surface area (Å²) in [6, 6.07) is 9.90. The highest BCUT2D eigenvalue weighted by molar-refractivity contribution is 7.89. The molecule has 2 heterocycles.